The zero-order valence-corrected chi connectivity index (χ0v) is 11.2. The van der Waals surface area contributed by atoms with Gasteiger partial charge in [0.2, 0.25) is 0 Å². The predicted molar refractivity (Wildman–Crippen MR) is 67.8 cm³/mol. The zero-order valence-electron chi connectivity index (χ0n) is 9.09. The van der Waals surface area contributed by atoms with Gasteiger partial charge in [-0.05, 0) is 54.7 Å². The first-order valence-electron chi connectivity index (χ1n) is 5.79. The number of alkyl halides is 1. The van der Waals surface area contributed by atoms with E-state index in [2.05, 4.69) is 35.6 Å². The highest BCUT2D eigenvalue weighted by Crippen LogP contribution is 2.49. The van der Waals surface area contributed by atoms with Crippen LogP contribution in [0.4, 0.5) is 0 Å². The number of hydrogen-bond donors (Lipinski definition) is 0. The summed E-state index contributed by atoms with van der Waals surface area (Å²) in [4.78, 5) is 11.7. The predicted octanol–water partition coefficient (Wildman–Crippen LogP) is 3.59. The van der Waals surface area contributed by atoms with Gasteiger partial charge in [0.15, 0.2) is 3.61 Å². The van der Waals surface area contributed by atoms with Crippen molar-refractivity contribution in [2.45, 2.75) is 49.1 Å². The summed E-state index contributed by atoms with van der Waals surface area (Å²) in [5.41, 5.74) is 0.951. The molecule has 1 heterocycles. The fourth-order valence-electron chi connectivity index (χ4n) is 2.48. The van der Waals surface area contributed by atoms with E-state index in [0.717, 1.165) is 37.7 Å². The van der Waals surface area contributed by atoms with Gasteiger partial charge < -0.3 is 4.74 Å². The summed E-state index contributed by atoms with van der Waals surface area (Å²) < 4.78 is 5.34. The fraction of sp³-hybridized carbons (Fsp3) is 0.750. The molecule has 2 rings (SSSR count). The Morgan fingerprint density at radius 2 is 2.47 bits per heavy atom. The Morgan fingerprint density at radius 1 is 1.67 bits per heavy atom. The molecule has 0 amide bonds. The molecule has 84 valence electrons. The molecule has 2 atom stereocenters. The second-order valence-corrected chi connectivity index (χ2v) is 6.25. The lowest BCUT2D eigenvalue weighted by Crippen LogP contribution is -2.29. The van der Waals surface area contributed by atoms with Gasteiger partial charge in [0.25, 0.3) is 0 Å². The molecule has 0 aromatic carbocycles. The average Bonchev–Trinajstić information content (AvgIpc) is 2.50. The van der Waals surface area contributed by atoms with E-state index in [-0.39, 0.29) is 9.58 Å². The number of esters is 1. The van der Waals surface area contributed by atoms with Crippen molar-refractivity contribution >= 4 is 28.6 Å². The minimum absolute atomic E-state index is 0.0646. The summed E-state index contributed by atoms with van der Waals surface area (Å²) in [5.74, 6) is 0.288. The number of carbonyl (C=O) groups is 1. The van der Waals surface area contributed by atoms with Crippen molar-refractivity contribution in [1.82, 2.24) is 0 Å². The van der Waals surface area contributed by atoms with Crippen molar-refractivity contribution in [2.75, 3.05) is 0 Å². The van der Waals surface area contributed by atoms with Gasteiger partial charge in [0.1, 0.15) is 0 Å². The summed E-state index contributed by atoms with van der Waals surface area (Å²) in [5, 5.41) is 0. The molecule has 1 aliphatic carbocycles. The number of unbranched alkanes of at least 4 members (excludes halogenated alkanes) is 1. The van der Waals surface area contributed by atoms with Gasteiger partial charge in [-0.1, -0.05) is 19.4 Å². The van der Waals surface area contributed by atoms with E-state index in [1.165, 1.54) is 6.42 Å². The second-order valence-electron chi connectivity index (χ2n) is 4.42. The van der Waals surface area contributed by atoms with Gasteiger partial charge in [-0.15, -0.1) is 0 Å². The molecule has 0 aromatic rings. The van der Waals surface area contributed by atoms with Crippen molar-refractivity contribution in [3.05, 3.63) is 11.6 Å². The SMILES string of the molecule is CCCCC1(I)OC(=O)C2=CCCCC21. The number of halogens is 1. The Balaban J connectivity index is 2.17. The topological polar surface area (TPSA) is 26.3 Å². The Kier molecular flexibility index (Phi) is 3.38. The monoisotopic (exact) mass is 320 g/mol. The van der Waals surface area contributed by atoms with Crippen molar-refractivity contribution in [1.29, 1.82) is 0 Å². The molecule has 15 heavy (non-hydrogen) atoms. The van der Waals surface area contributed by atoms with Crippen molar-refractivity contribution in [2.24, 2.45) is 5.92 Å². The van der Waals surface area contributed by atoms with Crippen LogP contribution in [0.1, 0.15) is 45.4 Å². The van der Waals surface area contributed by atoms with E-state index < -0.39 is 0 Å². The molecule has 3 heteroatoms. The van der Waals surface area contributed by atoms with Crippen molar-refractivity contribution < 1.29 is 9.53 Å². The minimum Gasteiger partial charge on any atom is -0.444 e. The Bertz CT molecular complexity index is 298. The van der Waals surface area contributed by atoms with Crippen LogP contribution in [0.3, 0.4) is 0 Å². The van der Waals surface area contributed by atoms with E-state index in [1.807, 2.05) is 0 Å². The molecule has 0 bridgehead atoms. The first-order valence-corrected chi connectivity index (χ1v) is 6.87. The smallest absolute Gasteiger partial charge is 0.335 e. The van der Waals surface area contributed by atoms with E-state index in [1.54, 1.807) is 0 Å². The summed E-state index contributed by atoms with van der Waals surface area (Å²) in [7, 11) is 0. The molecule has 2 unspecified atom stereocenters. The van der Waals surface area contributed by atoms with Crippen LogP contribution in [-0.4, -0.2) is 9.58 Å². The van der Waals surface area contributed by atoms with Crippen LogP contribution in [-0.2, 0) is 9.53 Å². The molecule has 2 nitrogen and oxygen atoms in total. The summed E-state index contributed by atoms with van der Waals surface area (Å²) in [6, 6.07) is 0. The number of hydrogen-bond acceptors (Lipinski definition) is 2. The highest BCUT2D eigenvalue weighted by Gasteiger charge is 2.50. The van der Waals surface area contributed by atoms with Crippen LogP contribution in [0.5, 0.6) is 0 Å². The number of fused-ring (bicyclic) bond motifs is 1. The normalized spacial score (nSPS) is 34.7. The molecule has 1 fully saturated rings. The maximum Gasteiger partial charge on any atom is 0.335 e. The first-order chi connectivity index (χ1) is 7.17. The van der Waals surface area contributed by atoms with E-state index in [4.69, 9.17) is 4.74 Å². The third kappa shape index (κ3) is 2.08. The summed E-state index contributed by atoms with van der Waals surface area (Å²) in [6.45, 7) is 2.17. The lowest BCUT2D eigenvalue weighted by Gasteiger charge is -2.28. The molecule has 1 saturated heterocycles. The van der Waals surface area contributed by atoms with Gasteiger partial charge >= 0.3 is 5.97 Å². The summed E-state index contributed by atoms with van der Waals surface area (Å²) >= 11 is 2.35. The molecule has 0 N–H and O–H groups in total. The largest absolute Gasteiger partial charge is 0.444 e. The quantitative estimate of drug-likeness (QED) is 0.451. The number of cyclic esters (lactones) is 1. The van der Waals surface area contributed by atoms with Crippen LogP contribution >= 0.6 is 22.6 Å². The molecule has 2 aliphatic rings. The molecule has 0 spiro atoms. The number of ether oxygens (including phenoxy) is 1. The number of rotatable bonds is 3. The molecular weight excluding hydrogens is 303 g/mol. The third-order valence-corrected chi connectivity index (χ3v) is 4.84. The molecule has 0 aromatic heterocycles. The van der Waals surface area contributed by atoms with Crippen LogP contribution in [0.15, 0.2) is 11.6 Å². The standard InChI is InChI=1S/C12H17IO2/c1-2-3-8-12(13)10-7-5-4-6-9(10)11(14)15-12/h6,10H,2-5,7-8H2,1H3. The highest BCUT2D eigenvalue weighted by atomic mass is 127. The van der Waals surface area contributed by atoms with E-state index in [9.17, 15) is 4.79 Å². The van der Waals surface area contributed by atoms with Gasteiger partial charge in [-0.25, -0.2) is 4.79 Å². The Hall–Kier alpha value is -0.0600. The van der Waals surface area contributed by atoms with E-state index in [0.29, 0.717) is 5.92 Å². The third-order valence-electron chi connectivity index (χ3n) is 3.33. The van der Waals surface area contributed by atoms with Gasteiger partial charge in [-0.3, -0.25) is 0 Å². The van der Waals surface area contributed by atoms with Crippen LogP contribution in [0.2, 0.25) is 0 Å². The molecule has 0 saturated carbocycles. The number of allylic oxidation sites excluding steroid dienone is 1. The van der Waals surface area contributed by atoms with Crippen molar-refractivity contribution in [3.8, 4) is 0 Å². The van der Waals surface area contributed by atoms with Crippen molar-refractivity contribution in [3.63, 3.8) is 0 Å². The average molecular weight is 320 g/mol. The lowest BCUT2D eigenvalue weighted by atomic mass is 9.84. The van der Waals surface area contributed by atoms with Crippen LogP contribution < -0.4 is 0 Å². The summed E-state index contributed by atoms with van der Waals surface area (Å²) in [6.07, 6.45) is 8.74. The lowest BCUT2D eigenvalue weighted by molar-refractivity contribution is -0.140. The maximum atomic E-state index is 11.7. The minimum atomic E-state index is -0.239. The zero-order chi connectivity index (χ0) is 10.9. The molecule has 1 aliphatic heterocycles. The molecule has 0 radical (unpaired) electrons. The first kappa shape index (κ1) is 11.4. The van der Waals surface area contributed by atoms with E-state index >= 15 is 0 Å². The number of carbonyl (C=O) groups excluding carboxylic acids is 1. The maximum absolute atomic E-state index is 11.7. The van der Waals surface area contributed by atoms with Gasteiger partial charge in [0, 0.05) is 11.5 Å². The Morgan fingerprint density at radius 3 is 3.20 bits per heavy atom. The highest BCUT2D eigenvalue weighted by molar-refractivity contribution is 14.1. The van der Waals surface area contributed by atoms with Crippen LogP contribution in [0, 0.1) is 5.92 Å². The van der Waals surface area contributed by atoms with Gasteiger partial charge in [-0.2, -0.15) is 0 Å². The molecular formula is C12H17IO2. The fourth-order valence-corrected chi connectivity index (χ4v) is 3.71. The second kappa shape index (κ2) is 4.44. The Labute approximate surface area is 105 Å². The van der Waals surface area contributed by atoms with Crippen LogP contribution in [0.25, 0.3) is 0 Å². The van der Waals surface area contributed by atoms with Gasteiger partial charge in [0.05, 0.1) is 0 Å².